The summed E-state index contributed by atoms with van der Waals surface area (Å²) < 4.78 is 11.4. The molecule has 2 aliphatic heterocycles. The predicted molar refractivity (Wildman–Crippen MR) is 116 cm³/mol. The van der Waals surface area contributed by atoms with Gasteiger partial charge in [0.2, 0.25) is 0 Å². The molecule has 3 rings (SSSR count). The Morgan fingerprint density at radius 3 is 2.55 bits per heavy atom. The molecule has 5 nitrogen and oxygen atoms in total. The summed E-state index contributed by atoms with van der Waals surface area (Å²) in [6.45, 7) is 12.7. The highest BCUT2D eigenvalue weighted by molar-refractivity contribution is 5.69. The van der Waals surface area contributed by atoms with E-state index in [1.165, 1.54) is 12.0 Å². The maximum absolute atomic E-state index is 12.6. The Labute approximate surface area is 176 Å². The Morgan fingerprint density at radius 1 is 1.14 bits per heavy atom. The fraction of sp³-hybridized carbons (Fsp3) is 0.708. The number of rotatable bonds is 7. The summed E-state index contributed by atoms with van der Waals surface area (Å²) in [5.41, 5.74) is 0.904. The molecule has 5 heteroatoms. The number of carbonyl (C=O) groups excluding carboxylic acids is 1. The molecule has 0 aliphatic carbocycles. The lowest BCUT2D eigenvalue weighted by atomic mass is 9.92. The normalized spacial score (nSPS) is 22.4. The van der Waals surface area contributed by atoms with Gasteiger partial charge in [-0.15, -0.1) is 0 Å². The molecule has 2 fully saturated rings. The third-order valence-corrected chi connectivity index (χ3v) is 5.98. The minimum atomic E-state index is -0.435. The summed E-state index contributed by atoms with van der Waals surface area (Å²) in [5, 5.41) is 0. The summed E-state index contributed by atoms with van der Waals surface area (Å²) in [5.74, 6) is 1.58. The predicted octanol–water partition coefficient (Wildman–Crippen LogP) is 4.74. The zero-order valence-electron chi connectivity index (χ0n) is 18.7. The van der Waals surface area contributed by atoms with Crippen LogP contribution in [0.1, 0.15) is 58.9 Å². The van der Waals surface area contributed by atoms with Gasteiger partial charge >= 0.3 is 6.09 Å². The SMILES string of the molecule is CCCCOc1ccc(CCN2CC[C@H]3CCN(C(=O)OC(C)(C)C)[C@H]3C2)cc1. The molecule has 2 atom stereocenters. The summed E-state index contributed by atoms with van der Waals surface area (Å²) in [6, 6.07) is 8.82. The summed E-state index contributed by atoms with van der Waals surface area (Å²) in [7, 11) is 0. The molecule has 2 heterocycles. The van der Waals surface area contributed by atoms with Crippen molar-refractivity contribution < 1.29 is 14.3 Å². The van der Waals surface area contributed by atoms with Gasteiger partial charge in [-0.05, 0) is 76.6 Å². The Hall–Kier alpha value is -1.75. The standard InChI is InChI=1S/C24H38N2O3/c1-5-6-17-28-21-9-7-19(8-10-21)11-14-25-15-12-20-13-16-26(22(20)18-25)23(27)29-24(2,3)4/h7-10,20,22H,5-6,11-18H2,1-4H3/t20-,22-/m0/s1. The van der Waals surface area contributed by atoms with Crippen molar-refractivity contribution in [3.05, 3.63) is 29.8 Å². The Morgan fingerprint density at radius 2 is 1.86 bits per heavy atom. The first-order chi connectivity index (χ1) is 13.9. The third kappa shape index (κ3) is 6.36. The van der Waals surface area contributed by atoms with Gasteiger partial charge < -0.3 is 19.3 Å². The molecule has 1 aromatic carbocycles. The number of benzene rings is 1. The molecule has 0 N–H and O–H groups in total. The number of fused-ring (bicyclic) bond motifs is 1. The van der Waals surface area contributed by atoms with Gasteiger partial charge in [-0.3, -0.25) is 0 Å². The van der Waals surface area contributed by atoms with E-state index in [9.17, 15) is 4.79 Å². The second-order valence-corrected chi connectivity index (χ2v) is 9.48. The van der Waals surface area contributed by atoms with Gasteiger partial charge in [0, 0.05) is 19.6 Å². The van der Waals surface area contributed by atoms with Crippen molar-refractivity contribution in [2.45, 2.75) is 71.4 Å². The Bertz CT molecular complexity index is 653. The lowest BCUT2D eigenvalue weighted by molar-refractivity contribution is 0.0126. The Kier molecular flexibility index (Phi) is 7.44. The van der Waals surface area contributed by atoms with Crippen molar-refractivity contribution >= 4 is 6.09 Å². The highest BCUT2D eigenvalue weighted by atomic mass is 16.6. The van der Waals surface area contributed by atoms with E-state index in [0.717, 1.165) is 64.2 Å². The van der Waals surface area contributed by atoms with Crippen LogP contribution in [0, 0.1) is 5.92 Å². The monoisotopic (exact) mass is 402 g/mol. The van der Waals surface area contributed by atoms with Crippen LogP contribution in [-0.2, 0) is 11.2 Å². The van der Waals surface area contributed by atoms with Crippen LogP contribution in [0.15, 0.2) is 24.3 Å². The van der Waals surface area contributed by atoms with E-state index in [2.05, 4.69) is 36.1 Å². The van der Waals surface area contributed by atoms with Crippen LogP contribution in [0.4, 0.5) is 4.79 Å². The van der Waals surface area contributed by atoms with Crippen LogP contribution < -0.4 is 4.74 Å². The summed E-state index contributed by atoms with van der Waals surface area (Å²) in [4.78, 5) is 17.1. The molecule has 29 heavy (non-hydrogen) atoms. The minimum Gasteiger partial charge on any atom is -0.494 e. The van der Waals surface area contributed by atoms with E-state index in [4.69, 9.17) is 9.47 Å². The first-order valence-electron chi connectivity index (χ1n) is 11.3. The van der Waals surface area contributed by atoms with Crippen LogP contribution in [0.25, 0.3) is 0 Å². The average Bonchev–Trinajstić information content (AvgIpc) is 3.10. The van der Waals surface area contributed by atoms with E-state index < -0.39 is 5.60 Å². The Balaban J connectivity index is 1.48. The molecule has 0 unspecified atom stereocenters. The van der Waals surface area contributed by atoms with Crippen molar-refractivity contribution in [3.63, 3.8) is 0 Å². The molecule has 2 aliphatic rings. The minimum absolute atomic E-state index is 0.148. The van der Waals surface area contributed by atoms with Crippen LogP contribution >= 0.6 is 0 Å². The number of carbonyl (C=O) groups is 1. The lowest BCUT2D eigenvalue weighted by Crippen LogP contribution is -2.51. The van der Waals surface area contributed by atoms with Crippen LogP contribution in [0.3, 0.4) is 0 Å². The third-order valence-electron chi connectivity index (χ3n) is 5.98. The number of ether oxygens (including phenoxy) is 2. The largest absolute Gasteiger partial charge is 0.494 e. The lowest BCUT2D eigenvalue weighted by Gasteiger charge is -2.38. The number of piperidine rings is 1. The number of hydrogen-bond donors (Lipinski definition) is 0. The van der Waals surface area contributed by atoms with Gasteiger partial charge in [0.05, 0.1) is 12.6 Å². The van der Waals surface area contributed by atoms with Crippen molar-refractivity contribution in [3.8, 4) is 5.75 Å². The number of likely N-dealkylation sites (tertiary alicyclic amines) is 2. The van der Waals surface area contributed by atoms with E-state index in [1.54, 1.807) is 0 Å². The summed E-state index contributed by atoms with van der Waals surface area (Å²) in [6.07, 6.45) is 5.41. The van der Waals surface area contributed by atoms with Crippen LogP contribution in [0.2, 0.25) is 0 Å². The molecule has 1 aromatic rings. The van der Waals surface area contributed by atoms with Crippen molar-refractivity contribution in [1.82, 2.24) is 9.80 Å². The zero-order valence-corrected chi connectivity index (χ0v) is 18.7. The molecule has 0 radical (unpaired) electrons. The van der Waals surface area contributed by atoms with Gasteiger partial charge in [-0.2, -0.15) is 0 Å². The van der Waals surface area contributed by atoms with Gasteiger partial charge in [0.25, 0.3) is 0 Å². The van der Waals surface area contributed by atoms with E-state index in [0.29, 0.717) is 12.0 Å². The molecule has 162 valence electrons. The van der Waals surface area contributed by atoms with Crippen LogP contribution in [0.5, 0.6) is 5.75 Å². The van der Waals surface area contributed by atoms with E-state index >= 15 is 0 Å². The van der Waals surface area contributed by atoms with Gasteiger partial charge in [-0.25, -0.2) is 4.79 Å². The zero-order chi connectivity index (χ0) is 20.9. The molecule has 0 aromatic heterocycles. The first kappa shape index (κ1) is 21.9. The van der Waals surface area contributed by atoms with Crippen molar-refractivity contribution in [2.24, 2.45) is 5.92 Å². The van der Waals surface area contributed by atoms with Gasteiger partial charge in [-0.1, -0.05) is 25.5 Å². The maximum atomic E-state index is 12.6. The molecular weight excluding hydrogens is 364 g/mol. The molecular formula is C24H38N2O3. The number of amides is 1. The average molecular weight is 403 g/mol. The van der Waals surface area contributed by atoms with E-state index in [1.807, 2.05) is 25.7 Å². The number of nitrogens with zero attached hydrogens (tertiary/aromatic N) is 2. The highest BCUT2D eigenvalue weighted by Crippen LogP contribution is 2.32. The van der Waals surface area contributed by atoms with Crippen LogP contribution in [-0.4, -0.2) is 60.3 Å². The fourth-order valence-electron chi connectivity index (χ4n) is 4.33. The molecule has 0 bridgehead atoms. The van der Waals surface area contributed by atoms with Crippen molar-refractivity contribution in [2.75, 3.05) is 32.8 Å². The molecule has 0 saturated carbocycles. The number of hydrogen-bond acceptors (Lipinski definition) is 4. The second kappa shape index (κ2) is 9.84. The molecule has 0 spiro atoms. The fourth-order valence-corrected chi connectivity index (χ4v) is 4.33. The quantitative estimate of drug-likeness (QED) is 0.618. The maximum Gasteiger partial charge on any atom is 0.410 e. The second-order valence-electron chi connectivity index (χ2n) is 9.48. The number of unbranched alkanes of at least 4 members (excludes halogenated alkanes) is 1. The van der Waals surface area contributed by atoms with Crippen molar-refractivity contribution in [1.29, 1.82) is 0 Å². The smallest absolute Gasteiger partial charge is 0.410 e. The first-order valence-corrected chi connectivity index (χ1v) is 11.3. The van der Waals surface area contributed by atoms with Gasteiger partial charge in [0.15, 0.2) is 0 Å². The highest BCUT2D eigenvalue weighted by Gasteiger charge is 2.41. The molecule has 2 saturated heterocycles. The van der Waals surface area contributed by atoms with Gasteiger partial charge in [0.1, 0.15) is 11.4 Å². The topological polar surface area (TPSA) is 42.0 Å². The molecule has 1 amide bonds. The summed E-state index contributed by atoms with van der Waals surface area (Å²) >= 11 is 0. The van der Waals surface area contributed by atoms with E-state index in [-0.39, 0.29) is 6.09 Å².